The van der Waals surface area contributed by atoms with Crippen LogP contribution in [0.5, 0.6) is 0 Å². The predicted octanol–water partition coefficient (Wildman–Crippen LogP) is -1.46. The van der Waals surface area contributed by atoms with Gasteiger partial charge < -0.3 is 55.7 Å². The Kier molecular flexibility index (Phi) is 8.51. The van der Waals surface area contributed by atoms with Crippen molar-refractivity contribution in [3.63, 3.8) is 0 Å². The standard InChI is InChI=1S/C21H26N10O11P2S2/c22-15-9-16(25-3-24-15)30(5-27-9)19-13(41-43(35)45)11(34)7(39-19)2-37-44(36,46)42-14-10(33)6(1-32)38-20(14)31-4-26-8-12-18(40-12)29-21(23)28-17(8)31/h3-7,10-14,18-20,32-34H,1-2H2,(H6-,22,23,24,25,28,29,35,36,45,46)/p+1/t6-,7-,10?,11?,12?,13?,14?,18?,19-,20-,44?/m1/s1. The van der Waals surface area contributed by atoms with Gasteiger partial charge in [-0.25, -0.2) is 24.9 Å². The van der Waals surface area contributed by atoms with Gasteiger partial charge in [0.1, 0.15) is 66.1 Å². The number of hydrogen-bond donors (Lipinski definition) is 8. The van der Waals surface area contributed by atoms with Crippen molar-refractivity contribution in [3.05, 3.63) is 24.7 Å². The van der Waals surface area contributed by atoms with Gasteiger partial charge in [0.2, 0.25) is 0 Å². The van der Waals surface area contributed by atoms with Gasteiger partial charge in [0.05, 0.1) is 25.9 Å². The summed E-state index contributed by atoms with van der Waals surface area (Å²) in [5.41, 5.74) is 12.8. The first-order chi connectivity index (χ1) is 22.0. The third kappa shape index (κ3) is 5.79. The molecule has 3 saturated heterocycles. The maximum Gasteiger partial charge on any atom is 0.582 e. The number of guanidine groups is 1. The molecule has 25 heteroatoms. The molecule has 0 saturated carbocycles. The molecule has 0 amide bonds. The zero-order chi connectivity index (χ0) is 32.5. The van der Waals surface area contributed by atoms with E-state index >= 15 is 0 Å². The Morgan fingerprint density at radius 3 is 2.54 bits per heavy atom. The summed E-state index contributed by atoms with van der Waals surface area (Å²) in [6.07, 6.45) is -7.24. The molecule has 21 nitrogen and oxygen atoms in total. The van der Waals surface area contributed by atoms with Crippen LogP contribution in [0.15, 0.2) is 24.0 Å². The number of ether oxygens (including phenoxy) is 3. The lowest BCUT2D eigenvalue weighted by Crippen LogP contribution is -2.36. The summed E-state index contributed by atoms with van der Waals surface area (Å²) in [5, 5.41) is 34.8. The Hall–Kier alpha value is -2.47. The minimum Gasteiger partial charge on any atom is -0.394 e. The molecule has 0 bridgehead atoms. The van der Waals surface area contributed by atoms with Gasteiger partial charge in [0.15, 0.2) is 48.3 Å². The SMILES string of the molecule is NC1=NC2OC2c2ncn([C@@H]3O[C@H](CO)C(O)C3OP(O)(=S)OC[C@H]3O[C@@H](n4cnc5c(N)ncnc54)C(O[P+](=O)S)C3O)c2N1. The molecule has 46 heavy (non-hydrogen) atoms. The Bertz CT molecular complexity index is 1750. The number of nitrogens with zero attached hydrogens (tertiary/aromatic N) is 7. The number of nitrogen functional groups attached to an aromatic ring is 1. The summed E-state index contributed by atoms with van der Waals surface area (Å²) in [7, 11) is -2.51. The second kappa shape index (κ2) is 12.2. The summed E-state index contributed by atoms with van der Waals surface area (Å²) < 4.78 is 48.8. The van der Waals surface area contributed by atoms with Crippen molar-refractivity contribution in [3.8, 4) is 0 Å². The predicted molar refractivity (Wildman–Crippen MR) is 161 cm³/mol. The molecule has 4 aliphatic heterocycles. The quantitative estimate of drug-likeness (QED) is 0.0674. The lowest BCUT2D eigenvalue weighted by Gasteiger charge is -2.27. The molecular formula is C21H27N10O11P2S2+. The molecule has 248 valence electrons. The highest BCUT2D eigenvalue weighted by molar-refractivity contribution is 8.39. The fraction of sp³-hybridized carbons (Fsp3) is 0.571. The van der Waals surface area contributed by atoms with Crippen LogP contribution in [-0.4, -0.2) is 111 Å². The number of aliphatic hydroxyl groups is 3. The Balaban J connectivity index is 1.09. The number of nitrogens with two attached hydrogens (primary N) is 2. The molecule has 9 N–H and O–H groups in total. The van der Waals surface area contributed by atoms with E-state index in [1.54, 1.807) is 0 Å². The zero-order valence-corrected chi connectivity index (χ0v) is 26.6. The van der Waals surface area contributed by atoms with Gasteiger partial charge in [-0.05, 0) is 16.4 Å². The van der Waals surface area contributed by atoms with Gasteiger partial charge in [-0.2, -0.15) is 0 Å². The first kappa shape index (κ1) is 32.1. The lowest BCUT2D eigenvalue weighted by atomic mass is 10.1. The van der Waals surface area contributed by atoms with Crippen LogP contribution in [0.1, 0.15) is 24.3 Å². The summed E-state index contributed by atoms with van der Waals surface area (Å²) in [4.78, 5) is 31.8. The van der Waals surface area contributed by atoms with E-state index in [2.05, 4.69) is 42.5 Å². The van der Waals surface area contributed by atoms with E-state index in [0.29, 0.717) is 11.5 Å². The van der Waals surface area contributed by atoms with E-state index in [1.807, 2.05) is 0 Å². The number of imidazole rings is 2. The van der Waals surface area contributed by atoms with E-state index in [0.717, 1.165) is 0 Å². The summed E-state index contributed by atoms with van der Waals surface area (Å²) >= 11 is 9.06. The molecule has 7 rings (SSSR count). The van der Waals surface area contributed by atoms with Gasteiger partial charge in [-0.1, -0.05) is 0 Å². The van der Waals surface area contributed by atoms with Crippen LogP contribution in [0.2, 0.25) is 0 Å². The number of aliphatic hydroxyl groups excluding tert-OH is 3. The van der Waals surface area contributed by atoms with Crippen LogP contribution in [0.4, 0.5) is 11.6 Å². The minimum atomic E-state index is -4.24. The van der Waals surface area contributed by atoms with Gasteiger partial charge >= 0.3 is 13.9 Å². The Morgan fingerprint density at radius 2 is 1.78 bits per heavy atom. The number of epoxide rings is 1. The van der Waals surface area contributed by atoms with Crippen molar-refractivity contribution < 1.29 is 52.6 Å². The molecular weight excluding hydrogens is 694 g/mol. The van der Waals surface area contributed by atoms with E-state index in [1.165, 1.54) is 28.1 Å². The fourth-order valence-corrected chi connectivity index (χ4v) is 7.69. The molecule has 3 fully saturated rings. The highest BCUT2D eigenvalue weighted by Gasteiger charge is 2.53. The first-order valence-electron chi connectivity index (χ1n) is 13.5. The topological polar surface area (TPSA) is 295 Å². The molecule has 0 aromatic carbocycles. The summed E-state index contributed by atoms with van der Waals surface area (Å²) in [6, 6.07) is 0. The van der Waals surface area contributed by atoms with Gasteiger partial charge in [0.25, 0.3) is 0 Å². The van der Waals surface area contributed by atoms with E-state index < -0.39 is 88.6 Å². The number of aliphatic imine (C=N–C) groups is 1. The largest absolute Gasteiger partial charge is 0.582 e. The van der Waals surface area contributed by atoms with Crippen molar-refractivity contribution in [2.75, 3.05) is 24.3 Å². The lowest BCUT2D eigenvalue weighted by molar-refractivity contribution is -0.0565. The number of thiol groups is 1. The van der Waals surface area contributed by atoms with Crippen LogP contribution in [0.25, 0.3) is 11.2 Å². The van der Waals surface area contributed by atoms with Crippen LogP contribution in [-0.2, 0) is 44.2 Å². The number of hydrogen-bond acceptors (Lipinski definition) is 19. The third-order valence-electron chi connectivity index (χ3n) is 7.68. The maximum atomic E-state index is 11.9. The van der Waals surface area contributed by atoms with E-state index in [4.69, 9.17) is 51.1 Å². The number of anilines is 2. The van der Waals surface area contributed by atoms with Crippen LogP contribution in [0, 0.1) is 0 Å². The average molecular weight is 722 g/mol. The molecule has 3 aromatic rings. The Morgan fingerprint density at radius 1 is 1.07 bits per heavy atom. The first-order valence-corrected chi connectivity index (χ1v) is 18.4. The van der Waals surface area contributed by atoms with Gasteiger partial charge in [0, 0.05) is 0 Å². The molecule has 0 aliphatic carbocycles. The summed E-state index contributed by atoms with van der Waals surface area (Å²) in [5.74, 6) is 0.488. The fourth-order valence-electron chi connectivity index (χ4n) is 5.51. The maximum absolute atomic E-state index is 11.9. The smallest absolute Gasteiger partial charge is 0.394 e. The molecule has 0 spiro atoms. The van der Waals surface area contributed by atoms with Gasteiger partial charge in [-0.3, -0.25) is 13.7 Å². The van der Waals surface area contributed by atoms with Crippen LogP contribution >= 0.6 is 26.2 Å². The molecule has 12 atom stereocenters. The highest BCUT2D eigenvalue weighted by atomic mass is 32.7. The third-order valence-corrected chi connectivity index (χ3v) is 9.95. The average Bonchev–Trinajstić information content (AvgIpc) is 3.24. The van der Waals surface area contributed by atoms with E-state index in [9.17, 15) is 24.8 Å². The van der Waals surface area contributed by atoms with Crippen molar-refractivity contribution in [2.45, 2.75) is 61.4 Å². The van der Waals surface area contributed by atoms with E-state index in [-0.39, 0.29) is 22.9 Å². The molecule has 4 aliphatic rings. The molecule has 3 aromatic heterocycles. The number of aromatic nitrogens is 6. The van der Waals surface area contributed by atoms with Crippen LogP contribution in [0.3, 0.4) is 0 Å². The minimum absolute atomic E-state index is 0.0520. The number of nitrogens with one attached hydrogen (secondary N) is 1. The molecule has 8 unspecified atom stereocenters. The Labute approximate surface area is 269 Å². The van der Waals surface area contributed by atoms with Crippen molar-refractivity contribution in [1.82, 2.24) is 29.1 Å². The highest BCUT2D eigenvalue weighted by Crippen LogP contribution is 2.52. The monoisotopic (exact) mass is 721 g/mol. The van der Waals surface area contributed by atoms with Crippen LogP contribution < -0.4 is 16.8 Å². The van der Waals surface area contributed by atoms with Crippen molar-refractivity contribution in [1.29, 1.82) is 0 Å². The number of fused-ring (bicyclic) bond motifs is 4. The van der Waals surface area contributed by atoms with Crippen molar-refractivity contribution >= 4 is 66.8 Å². The molecule has 7 heterocycles. The zero-order valence-electron chi connectivity index (χ0n) is 23.1. The second-order valence-electron chi connectivity index (χ2n) is 10.5. The summed E-state index contributed by atoms with van der Waals surface area (Å²) in [6.45, 7) is -5.36. The number of rotatable bonds is 10. The van der Waals surface area contributed by atoms with Gasteiger partial charge in [-0.15, -0.1) is 4.52 Å². The normalized spacial score (nSPS) is 35.2. The second-order valence-corrected chi connectivity index (χ2v) is 14.9. The van der Waals surface area contributed by atoms with Crippen molar-refractivity contribution in [2.24, 2.45) is 10.7 Å². The molecule has 0 radical (unpaired) electrons.